The zero-order valence-corrected chi connectivity index (χ0v) is 10.8. The second-order valence-corrected chi connectivity index (χ2v) is 3.98. The molecule has 0 N–H and O–H groups in total. The van der Waals surface area contributed by atoms with Gasteiger partial charge in [0.05, 0.1) is 27.2 Å². The molecule has 0 aliphatic carbocycles. The van der Waals surface area contributed by atoms with Gasteiger partial charge in [0, 0.05) is 5.56 Å². The molecule has 1 aromatic rings. The predicted molar refractivity (Wildman–Crippen MR) is 66.3 cm³/mol. The Kier molecular flexibility index (Phi) is 3.89. The van der Waals surface area contributed by atoms with Crippen molar-refractivity contribution < 1.29 is 23.8 Å². The van der Waals surface area contributed by atoms with Gasteiger partial charge >= 0.3 is 6.09 Å². The minimum absolute atomic E-state index is 0.0300. The average molecular weight is 265 g/mol. The molecule has 0 atom stereocenters. The van der Waals surface area contributed by atoms with Gasteiger partial charge in [-0.1, -0.05) is 6.07 Å². The topological polar surface area (TPSA) is 65.1 Å². The van der Waals surface area contributed by atoms with E-state index in [0.29, 0.717) is 17.1 Å². The van der Waals surface area contributed by atoms with Crippen molar-refractivity contribution in [2.24, 2.45) is 0 Å². The summed E-state index contributed by atoms with van der Waals surface area (Å²) in [7, 11) is 3.04. The number of imide groups is 1. The van der Waals surface area contributed by atoms with Gasteiger partial charge in [-0.25, -0.2) is 9.69 Å². The predicted octanol–water partition coefficient (Wildman–Crippen LogP) is 1.23. The van der Waals surface area contributed by atoms with Crippen LogP contribution in [0.4, 0.5) is 4.79 Å². The fourth-order valence-electron chi connectivity index (χ4n) is 1.97. The fourth-order valence-corrected chi connectivity index (χ4v) is 1.97. The maximum Gasteiger partial charge on any atom is 0.416 e. The maximum atomic E-state index is 12.1. The molecule has 2 amide bonds. The number of carbonyl (C=O) groups excluding carboxylic acids is 2. The molecule has 1 saturated heterocycles. The molecule has 6 heteroatoms. The van der Waals surface area contributed by atoms with E-state index >= 15 is 0 Å². The molecular formula is C13H15NO5. The standard InChI is InChI=1S/C13H15NO5/c1-17-10-4-3-5-11(18-2)9(10)8-12(15)14-6-7-19-13(14)16/h3-5H,6-8H2,1-2H3. The summed E-state index contributed by atoms with van der Waals surface area (Å²) in [4.78, 5) is 24.5. The molecule has 1 heterocycles. The van der Waals surface area contributed by atoms with Crippen LogP contribution in [0.25, 0.3) is 0 Å². The highest BCUT2D eigenvalue weighted by atomic mass is 16.6. The fraction of sp³-hybridized carbons (Fsp3) is 0.385. The lowest BCUT2D eigenvalue weighted by Crippen LogP contribution is -2.33. The molecule has 19 heavy (non-hydrogen) atoms. The lowest BCUT2D eigenvalue weighted by Gasteiger charge is -2.15. The maximum absolute atomic E-state index is 12.1. The molecule has 1 fully saturated rings. The molecule has 1 aliphatic heterocycles. The van der Waals surface area contributed by atoms with Crippen molar-refractivity contribution in [3.05, 3.63) is 23.8 Å². The molecule has 1 aromatic carbocycles. The third-order valence-electron chi connectivity index (χ3n) is 2.92. The van der Waals surface area contributed by atoms with E-state index in [4.69, 9.17) is 14.2 Å². The van der Waals surface area contributed by atoms with Gasteiger partial charge in [-0.05, 0) is 12.1 Å². The monoisotopic (exact) mass is 265 g/mol. The zero-order valence-electron chi connectivity index (χ0n) is 10.8. The van der Waals surface area contributed by atoms with Gasteiger partial charge in [-0.2, -0.15) is 0 Å². The van der Waals surface area contributed by atoms with E-state index in [0.717, 1.165) is 4.90 Å². The van der Waals surface area contributed by atoms with Gasteiger partial charge in [0.2, 0.25) is 5.91 Å². The minimum Gasteiger partial charge on any atom is -0.496 e. The van der Waals surface area contributed by atoms with Crippen molar-refractivity contribution in [2.45, 2.75) is 6.42 Å². The molecule has 6 nitrogen and oxygen atoms in total. The first-order valence-corrected chi connectivity index (χ1v) is 5.84. The number of hydrogen-bond donors (Lipinski definition) is 0. The van der Waals surface area contributed by atoms with Crippen LogP contribution in [0.15, 0.2) is 18.2 Å². The summed E-state index contributed by atoms with van der Waals surface area (Å²) in [5.41, 5.74) is 0.622. The Hall–Kier alpha value is -2.24. The van der Waals surface area contributed by atoms with Crippen molar-refractivity contribution >= 4 is 12.0 Å². The van der Waals surface area contributed by atoms with E-state index < -0.39 is 6.09 Å². The molecule has 0 radical (unpaired) electrons. The van der Waals surface area contributed by atoms with Crippen LogP contribution in [0.1, 0.15) is 5.56 Å². The van der Waals surface area contributed by atoms with Crippen LogP contribution >= 0.6 is 0 Å². The van der Waals surface area contributed by atoms with E-state index in [2.05, 4.69) is 0 Å². The van der Waals surface area contributed by atoms with Crippen molar-refractivity contribution in [2.75, 3.05) is 27.4 Å². The van der Waals surface area contributed by atoms with Crippen molar-refractivity contribution in [3.8, 4) is 11.5 Å². The van der Waals surface area contributed by atoms with Crippen LogP contribution in [0, 0.1) is 0 Å². The van der Waals surface area contributed by atoms with Crippen LogP contribution < -0.4 is 9.47 Å². The number of hydrogen-bond acceptors (Lipinski definition) is 5. The zero-order chi connectivity index (χ0) is 13.8. The van der Waals surface area contributed by atoms with Gasteiger partial charge in [0.1, 0.15) is 18.1 Å². The Morgan fingerprint density at radius 2 is 1.95 bits per heavy atom. The third-order valence-corrected chi connectivity index (χ3v) is 2.92. The first kappa shape index (κ1) is 13.2. The van der Waals surface area contributed by atoms with Crippen LogP contribution in [-0.2, 0) is 16.0 Å². The number of benzene rings is 1. The molecule has 0 saturated carbocycles. The Labute approximate surface area is 110 Å². The number of ether oxygens (including phenoxy) is 3. The molecule has 2 rings (SSSR count). The van der Waals surface area contributed by atoms with Crippen molar-refractivity contribution in [3.63, 3.8) is 0 Å². The molecule has 0 unspecified atom stereocenters. The highest BCUT2D eigenvalue weighted by molar-refractivity contribution is 5.94. The molecular weight excluding hydrogens is 250 g/mol. The Morgan fingerprint density at radius 3 is 2.42 bits per heavy atom. The number of rotatable bonds is 4. The lowest BCUT2D eigenvalue weighted by atomic mass is 10.1. The first-order chi connectivity index (χ1) is 9.17. The smallest absolute Gasteiger partial charge is 0.416 e. The van der Waals surface area contributed by atoms with Crippen LogP contribution in [0.3, 0.4) is 0 Å². The van der Waals surface area contributed by atoms with Crippen molar-refractivity contribution in [1.82, 2.24) is 4.90 Å². The summed E-state index contributed by atoms with van der Waals surface area (Å²) in [5, 5.41) is 0. The highest BCUT2D eigenvalue weighted by Crippen LogP contribution is 2.29. The SMILES string of the molecule is COc1cccc(OC)c1CC(=O)N1CCOC1=O. The number of nitrogens with zero attached hydrogens (tertiary/aromatic N) is 1. The van der Waals surface area contributed by atoms with E-state index in [1.165, 1.54) is 14.2 Å². The number of methoxy groups -OCH3 is 2. The lowest BCUT2D eigenvalue weighted by molar-refractivity contribution is -0.127. The number of carbonyl (C=O) groups is 2. The summed E-state index contributed by atoms with van der Waals surface area (Å²) in [6, 6.07) is 5.26. The van der Waals surface area contributed by atoms with E-state index in [1.807, 2.05) is 0 Å². The molecule has 0 aromatic heterocycles. The Balaban J connectivity index is 2.22. The first-order valence-electron chi connectivity index (χ1n) is 5.84. The van der Waals surface area contributed by atoms with Crippen molar-refractivity contribution in [1.29, 1.82) is 0 Å². The molecule has 0 spiro atoms. The van der Waals surface area contributed by atoms with Gasteiger partial charge in [-0.15, -0.1) is 0 Å². The third kappa shape index (κ3) is 2.62. The van der Waals surface area contributed by atoms with Gasteiger partial charge in [0.25, 0.3) is 0 Å². The van der Waals surface area contributed by atoms with Gasteiger partial charge < -0.3 is 14.2 Å². The number of amides is 2. The van der Waals surface area contributed by atoms with E-state index in [-0.39, 0.29) is 25.5 Å². The largest absolute Gasteiger partial charge is 0.496 e. The normalized spacial score (nSPS) is 14.2. The molecule has 0 bridgehead atoms. The molecule has 1 aliphatic rings. The van der Waals surface area contributed by atoms with Crippen LogP contribution in [-0.4, -0.2) is 44.3 Å². The average Bonchev–Trinajstić information content (AvgIpc) is 2.85. The number of cyclic esters (lactones) is 1. The summed E-state index contributed by atoms with van der Waals surface area (Å²) in [6.07, 6.45) is -0.568. The van der Waals surface area contributed by atoms with Crippen LogP contribution in [0.5, 0.6) is 11.5 Å². The van der Waals surface area contributed by atoms with E-state index in [1.54, 1.807) is 18.2 Å². The summed E-state index contributed by atoms with van der Waals surface area (Å²) < 4.78 is 15.2. The molecule has 102 valence electrons. The summed E-state index contributed by atoms with van der Waals surface area (Å²) >= 11 is 0. The van der Waals surface area contributed by atoms with Crippen LogP contribution in [0.2, 0.25) is 0 Å². The summed E-state index contributed by atoms with van der Waals surface area (Å²) in [5.74, 6) is 0.783. The Morgan fingerprint density at radius 1 is 1.32 bits per heavy atom. The van der Waals surface area contributed by atoms with E-state index in [9.17, 15) is 9.59 Å². The second kappa shape index (κ2) is 5.60. The highest BCUT2D eigenvalue weighted by Gasteiger charge is 2.29. The Bertz CT molecular complexity index is 478. The quantitative estimate of drug-likeness (QED) is 0.819. The minimum atomic E-state index is -0.598. The van der Waals surface area contributed by atoms with Gasteiger partial charge in [-0.3, -0.25) is 4.79 Å². The summed E-state index contributed by atoms with van der Waals surface area (Å²) in [6.45, 7) is 0.531. The van der Waals surface area contributed by atoms with Gasteiger partial charge in [0.15, 0.2) is 0 Å². The second-order valence-electron chi connectivity index (χ2n) is 3.98.